The second kappa shape index (κ2) is 12.2. The fourth-order valence-electron chi connectivity index (χ4n) is 6.74. The average molecular weight is 566 g/mol. The Morgan fingerprint density at radius 2 is 1.90 bits per heavy atom. The number of amides is 3. The van der Waals surface area contributed by atoms with Crippen LogP contribution >= 0.6 is 0 Å². The van der Waals surface area contributed by atoms with Gasteiger partial charge in [0.2, 0.25) is 17.7 Å². The molecular formula is C31H39N3O7. The Hall–Kier alpha value is -3.50. The Morgan fingerprint density at radius 1 is 1.12 bits per heavy atom. The van der Waals surface area contributed by atoms with Crippen molar-refractivity contribution < 1.29 is 33.8 Å². The molecule has 1 aromatic rings. The third kappa shape index (κ3) is 5.30. The number of hydrogen-bond donors (Lipinski definition) is 2. The lowest BCUT2D eigenvalue weighted by molar-refractivity contribution is -0.160. The molecule has 2 fully saturated rings. The molecule has 4 aliphatic heterocycles. The molecule has 5 rings (SSSR count). The average Bonchev–Trinajstić information content (AvgIpc) is 3.33. The maximum absolute atomic E-state index is 14.2. The fraction of sp³-hybridized carbons (Fsp3) is 0.548. The van der Waals surface area contributed by atoms with E-state index in [-0.39, 0.29) is 44.0 Å². The van der Waals surface area contributed by atoms with Gasteiger partial charge in [0.15, 0.2) is 0 Å². The van der Waals surface area contributed by atoms with Crippen molar-refractivity contribution in [1.29, 1.82) is 0 Å². The summed E-state index contributed by atoms with van der Waals surface area (Å²) in [5.41, 5.74) is -0.694. The largest absolute Gasteiger partial charge is 0.455 e. The maximum atomic E-state index is 14.2. The van der Waals surface area contributed by atoms with Crippen LogP contribution in [0, 0.1) is 11.8 Å². The summed E-state index contributed by atoms with van der Waals surface area (Å²) in [4.78, 5) is 57.9. The molecule has 0 saturated carbocycles. The molecule has 0 bridgehead atoms. The fourth-order valence-corrected chi connectivity index (χ4v) is 6.74. The van der Waals surface area contributed by atoms with Gasteiger partial charge in [-0.05, 0) is 25.3 Å². The number of ether oxygens (including phenoxy) is 2. The first kappa shape index (κ1) is 29.0. The molecule has 1 aromatic carbocycles. The van der Waals surface area contributed by atoms with Crippen molar-refractivity contribution in [1.82, 2.24) is 15.1 Å². The Balaban J connectivity index is 1.57. The molecule has 0 aromatic heterocycles. The van der Waals surface area contributed by atoms with Crippen molar-refractivity contribution >= 4 is 23.7 Å². The number of carbonyl (C=O) groups excluding carboxylic acids is 4. The number of rotatable bonds is 6. The quantitative estimate of drug-likeness (QED) is 0.399. The summed E-state index contributed by atoms with van der Waals surface area (Å²) >= 11 is 0. The molecule has 7 atom stereocenters. The lowest BCUT2D eigenvalue weighted by Gasteiger charge is -2.37. The monoisotopic (exact) mass is 565 g/mol. The zero-order valence-electron chi connectivity index (χ0n) is 23.6. The number of esters is 1. The molecule has 0 radical (unpaired) electrons. The predicted octanol–water partition coefficient (Wildman–Crippen LogP) is 1.90. The van der Waals surface area contributed by atoms with Crippen LogP contribution in [0.1, 0.15) is 51.2 Å². The van der Waals surface area contributed by atoms with Crippen LogP contribution in [0.2, 0.25) is 0 Å². The van der Waals surface area contributed by atoms with Gasteiger partial charge in [0.1, 0.15) is 23.7 Å². The van der Waals surface area contributed by atoms with E-state index in [0.29, 0.717) is 18.5 Å². The third-order valence-electron chi connectivity index (χ3n) is 8.65. The van der Waals surface area contributed by atoms with E-state index in [0.717, 1.165) is 12.8 Å². The topological polar surface area (TPSA) is 125 Å². The highest BCUT2D eigenvalue weighted by atomic mass is 16.6. The number of hydrogen-bond acceptors (Lipinski definition) is 7. The zero-order chi connectivity index (χ0) is 29.1. The van der Waals surface area contributed by atoms with Crippen LogP contribution in [-0.2, 0) is 28.7 Å². The zero-order valence-corrected chi connectivity index (χ0v) is 23.6. The van der Waals surface area contributed by atoms with E-state index in [1.54, 1.807) is 23.1 Å². The van der Waals surface area contributed by atoms with Crippen LogP contribution in [0.4, 0.5) is 0 Å². The minimum atomic E-state index is -1.40. The first-order valence-corrected chi connectivity index (χ1v) is 14.6. The summed E-state index contributed by atoms with van der Waals surface area (Å²) < 4.78 is 12.7. The molecule has 10 heteroatoms. The number of aliphatic hydroxyl groups is 1. The molecule has 0 aliphatic carbocycles. The van der Waals surface area contributed by atoms with E-state index in [9.17, 15) is 24.3 Å². The molecule has 2 N–H and O–H groups in total. The van der Waals surface area contributed by atoms with E-state index < -0.39 is 47.6 Å². The van der Waals surface area contributed by atoms with E-state index >= 15 is 0 Å². The minimum absolute atomic E-state index is 0.0539. The molecule has 1 unspecified atom stereocenters. The SMILES string of the molecule is CCCC(C)N1CC=C[C@]23O[C@@H]4/C=C\CCC(=O)NC[C@@H](c5ccccc5)OC(=O)[C@@H]4[C@H]2C(=O)N(CCO)[C@@H]3C1=O. The number of nitrogens with zero attached hydrogens (tertiary/aromatic N) is 2. The van der Waals surface area contributed by atoms with Gasteiger partial charge in [-0.2, -0.15) is 0 Å². The van der Waals surface area contributed by atoms with Gasteiger partial charge in [-0.15, -0.1) is 0 Å². The highest BCUT2D eigenvalue weighted by Crippen LogP contribution is 2.53. The standard InChI is InChI=1S/C31H39N3O7/c1-3-10-20(2)33-16-9-15-31-26(28(37)34(17-18-35)27(31)29(33)38)25-22(41-31)13-7-8-14-24(36)32-19-23(40-30(25)39)21-11-5-4-6-12-21/h4-7,9,11-13,15,20,22-23,25-27,35H,3,8,10,14,16-19H2,1-2H3,(H,32,36)/b13-7-/t20?,22-,23+,25+,26+,27-,31+/m1/s1. The lowest BCUT2D eigenvalue weighted by atomic mass is 9.77. The molecule has 2 saturated heterocycles. The van der Waals surface area contributed by atoms with Crippen LogP contribution in [0.25, 0.3) is 0 Å². The summed E-state index contributed by atoms with van der Waals surface area (Å²) in [7, 11) is 0. The summed E-state index contributed by atoms with van der Waals surface area (Å²) in [6, 6.07) is 8.05. The van der Waals surface area contributed by atoms with Gasteiger partial charge in [0, 0.05) is 25.6 Å². The van der Waals surface area contributed by atoms with Crippen molar-refractivity contribution in [3.8, 4) is 0 Å². The van der Waals surface area contributed by atoms with E-state index in [1.165, 1.54) is 4.90 Å². The van der Waals surface area contributed by atoms with Crippen molar-refractivity contribution in [3.05, 3.63) is 60.2 Å². The van der Waals surface area contributed by atoms with E-state index in [1.807, 2.05) is 43.3 Å². The van der Waals surface area contributed by atoms with Crippen LogP contribution in [-0.4, -0.2) is 88.6 Å². The van der Waals surface area contributed by atoms with Gasteiger partial charge < -0.3 is 29.7 Å². The van der Waals surface area contributed by atoms with Crippen molar-refractivity contribution in [2.75, 3.05) is 26.2 Å². The van der Waals surface area contributed by atoms with Gasteiger partial charge in [-0.1, -0.05) is 68.0 Å². The van der Waals surface area contributed by atoms with Crippen LogP contribution < -0.4 is 5.32 Å². The second-order valence-corrected chi connectivity index (χ2v) is 11.2. The summed E-state index contributed by atoms with van der Waals surface area (Å²) in [6.45, 7) is 4.10. The number of nitrogens with one attached hydrogen (secondary N) is 1. The first-order valence-electron chi connectivity index (χ1n) is 14.6. The second-order valence-electron chi connectivity index (χ2n) is 11.2. The van der Waals surface area contributed by atoms with Crippen molar-refractivity contribution in [2.24, 2.45) is 11.8 Å². The first-order chi connectivity index (χ1) is 19.8. The Kier molecular flexibility index (Phi) is 8.60. The van der Waals surface area contributed by atoms with Crippen molar-refractivity contribution in [3.63, 3.8) is 0 Å². The minimum Gasteiger partial charge on any atom is -0.455 e. The van der Waals surface area contributed by atoms with Gasteiger partial charge >= 0.3 is 5.97 Å². The summed E-state index contributed by atoms with van der Waals surface area (Å²) in [5, 5.41) is 12.7. The van der Waals surface area contributed by atoms with E-state index in [4.69, 9.17) is 9.47 Å². The molecule has 4 heterocycles. The van der Waals surface area contributed by atoms with E-state index in [2.05, 4.69) is 12.2 Å². The smallest absolute Gasteiger partial charge is 0.313 e. The molecule has 4 aliphatic rings. The molecule has 3 amide bonds. The van der Waals surface area contributed by atoms with Crippen LogP contribution in [0.3, 0.4) is 0 Å². The number of benzene rings is 1. The predicted molar refractivity (Wildman–Crippen MR) is 149 cm³/mol. The van der Waals surface area contributed by atoms with Crippen molar-refractivity contribution in [2.45, 2.75) is 69.4 Å². The summed E-state index contributed by atoms with van der Waals surface area (Å²) in [6.07, 6.45) is 7.87. The Labute approximate surface area is 240 Å². The lowest BCUT2D eigenvalue weighted by Crippen LogP contribution is -2.57. The molecule has 10 nitrogen and oxygen atoms in total. The number of aliphatic hydroxyl groups excluding tert-OH is 1. The summed E-state index contributed by atoms with van der Waals surface area (Å²) in [5.74, 6) is -3.52. The highest BCUT2D eigenvalue weighted by molar-refractivity contribution is 5.99. The van der Waals surface area contributed by atoms with Gasteiger partial charge in [-0.25, -0.2) is 0 Å². The molecule has 41 heavy (non-hydrogen) atoms. The Bertz CT molecular complexity index is 1220. The number of allylic oxidation sites excluding steroid dienone is 1. The number of carbonyl (C=O) groups is 4. The van der Waals surface area contributed by atoms with Crippen LogP contribution in [0.15, 0.2) is 54.6 Å². The number of fused-ring (bicyclic) bond motifs is 2. The Morgan fingerprint density at radius 3 is 2.63 bits per heavy atom. The number of β-amino-alcohol motifs (C(OH)–C–C–N with tert-alkyl or cyclic N) is 1. The van der Waals surface area contributed by atoms with Gasteiger partial charge in [0.05, 0.1) is 25.2 Å². The maximum Gasteiger partial charge on any atom is 0.313 e. The van der Waals surface area contributed by atoms with Crippen LogP contribution in [0.5, 0.6) is 0 Å². The normalized spacial score (nSPS) is 33.5. The molecule has 1 spiro atoms. The van der Waals surface area contributed by atoms with Gasteiger partial charge in [0.25, 0.3) is 0 Å². The van der Waals surface area contributed by atoms with Gasteiger partial charge in [-0.3, -0.25) is 19.2 Å². The molecular weight excluding hydrogens is 526 g/mol. The highest BCUT2D eigenvalue weighted by Gasteiger charge is 2.71. The molecule has 220 valence electrons. The number of likely N-dealkylation sites (tertiary alicyclic amines) is 1. The third-order valence-corrected chi connectivity index (χ3v) is 8.65. The number of cyclic esters (lactones) is 1.